The zero-order valence-electron chi connectivity index (χ0n) is 14.0. The molecule has 8 heteroatoms. The summed E-state index contributed by atoms with van der Waals surface area (Å²) >= 11 is 0. The van der Waals surface area contributed by atoms with Gasteiger partial charge in [-0.2, -0.15) is 5.26 Å². The van der Waals surface area contributed by atoms with Crippen LogP contribution in [0.4, 0.5) is 10.5 Å². The lowest BCUT2D eigenvalue weighted by Gasteiger charge is -2.16. The molecule has 2 N–H and O–H groups in total. The molecule has 1 aromatic heterocycles. The summed E-state index contributed by atoms with van der Waals surface area (Å²) in [5.41, 5.74) is 1.35. The van der Waals surface area contributed by atoms with Crippen molar-refractivity contribution in [1.29, 1.82) is 5.26 Å². The number of nitriles is 1. The van der Waals surface area contributed by atoms with Crippen molar-refractivity contribution in [2.75, 3.05) is 5.32 Å². The molecule has 0 radical (unpaired) electrons. The first-order valence-corrected chi connectivity index (χ1v) is 7.88. The molecule has 1 aromatic carbocycles. The summed E-state index contributed by atoms with van der Waals surface area (Å²) in [4.78, 5) is 12.2. The van der Waals surface area contributed by atoms with E-state index in [0.29, 0.717) is 17.9 Å². The number of hydrogen-bond acceptors (Lipinski definition) is 5. The Morgan fingerprint density at radius 1 is 1.38 bits per heavy atom. The average Bonchev–Trinajstić information content (AvgIpc) is 3.04. The zero-order valence-corrected chi connectivity index (χ0v) is 14.0. The van der Waals surface area contributed by atoms with Crippen LogP contribution in [-0.2, 0) is 0 Å². The van der Waals surface area contributed by atoms with Gasteiger partial charge in [-0.15, -0.1) is 5.10 Å². The monoisotopic (exact) mass is 327 g/mol. The number of nitrogens with zero attached hydrogens (tertiary/aromatic N) is 5. The van der Waals surface area contributed by atoms with Crippen molar-refractivity contribution in [3.63, 3.8) is 0 Å². The summed E-state index contributed by atoms with van der Waals surface area (Å²) in [7, 11) is 0. The number of anilines is 1. The van der Waals surface area contributed by atoms with Crippen LogP contribution in [0.5, 0.6) is 0 Å². The quantitative estimate of drug-likeness (QED) is 0.848. The Balaban J connectivity index is 2.22. The molecule has 0 fully saturated rings. The molecule has 0 aliphatic heterocycles. The van der Waals surface area contributed by atoms with E-state index < -0.39 is 0 Å². The molecular weight excluding hydrogens is 306 g/mol. The Bertz CT molecular complexity index is 732. The molecule has 0 saturated carbocycles. The molecular formula is C16H21N7O. The van der Waals surface area contributed by atoms with Crippen LogP contribution >= 0.6 is 0 Å². The van der Waals surface area contributed by atoms with Crippen LogP contribution < -0.4 is 10.6 Å². The standard InChI is InChI=1S/C16H21N7O/c1-4-12(9-10-17)18-16(24)19-14-8-6-5-7-13(14)15-20-21-22-23(15)11(2)3/h5-8,11-12H,4,9H2,1-3H3,(H2,18,19,24)/t12-/m0/s1. The second kappa shape index (κ2) is 8.06. The highest BCUT2D eigenvalue weighted by atomic mass is 16.2. The van der Waals surface area contributed by atoms with Crippen LogP contribution in [0.1, 0.15) is 39.7 Å². The number of nitrogens with one attached hydrogen (secondary N) is 2. The zero-order chi connectivity index (χ0) is 17.5. The maximum absolute atomic E-state index is 12.2. The fourth-order valence-corrected chi connectivity index (χ4v) is 2.26. The van der Waals surface area contributed by atoms with E-state index in [1.54, 1.807) is 10.7 Å². The third kappa shape index (κ3) is 4.07. The Morgan fingerprint density at radius 3 is 2.79 bits per heavy atom. The lowest BCUT2D eigenvalue weighted by molar-refractivity contribution is 0.248. The molecule has 2 aromatic rings. The first-order chi connectivity index (χ1) is 11.6. The predicted molar refractivity (Wildman–Crippen MR) is 90.1 cm³/mol. The van der Waals surface area contributed by atoms with Crippen LogP contribution in [-0.4, -0.2) is 32.3 Å². The Labute approximate surface area is 140 Å². The van der Waals surface area contributed by atoms with E-state index >= 15 is 0 Å². The third-order valence-corrected chi connectivity index (χ3v) is 3.56. The SMILES string of the molecule is CC[C@@H](CC#N)NC(=O)Nc1ccccc1-c1nnnn1C(C)C. The maximum atomic E-state index is 12.2. The second-order valence-corrected chi connectivity index (χ2v) is 5.65. The summed E-state index contributed by atoms with van der Waals surface area (Å²) in [6, 6.07) is 8.97. The van der Waals surface area contributed by atoms with Gasteiger partial charge >= 0.3 is 6.03 Å². The minimum Gasteiger partial charge on any atom is -0.334 e. The highest BCUT2D eigenvalue weighted by Gasteiger charge is 2.17. The van der Waals surface area contributed by atoms with E-state index in [9.17, 15) is 4.79 Å². The molecule has 0 saturated heterocycles. The van der Waals surface area contributed by atoms with Crippen molar-refractivity contribution in [2.24, 2.45) is 0 Å². The van der Waals surface area contributed by atoms with Crippen molar-refractivity contribution in [1.82, 2.24) is 25.5 Å². The van der Waals surface area contributed by atoms with Gasteiger partial charge in [-0.1, -0.05) is 19.1 Å². The van der Waals surface area contributed by atoms with E-state index in [1.165, 1.54) is 0 Å². The Kier molecular flexibility index (Phi) is 5.84. The summed E-state index contributed by atoms with van der Waals surface area (Å²) in [5.74, 6) is 0.588. The number of para-hydroxylation sites is 1. The number of carbonyl (C=O) groups is 1. The molecule has 2 rings (SSSR count). The highest BCUT2D eigenvalue weighted by molar-refractivity contribution is 5.93. The van der Waals surface area contributed by atoms with Gasteiger partial charge in [-0.3, -0.25) is 0 Å². The normalized spacial score (nSPS) is 11.8. The van der Waals surface area contributed by atoms with E-state index in [-0.39, 0.29) is 24.5 Å². The highest BCUT2D eigenvalue weighted by Crippen LogP contribution is 2.27. The molecule has 0 aliphatic carbocycles. The summed E-state index contributed by atoms with van der Waals surface area (Å²) < 4.78 is 1.70. The van der Waals surface area contributed by atoms with Gasteiger partial charge in [0.1, 0.15) is 0 Å². The number of amides is 2. The largest absolute Gasteiger partial charge is 0.334 e. The van der Waals surface area contributed by atoms with Gasteiger partial charge in [0.25, 0.3) is 0 Å². The fraction of sp³-hybridized carbons (Fsp3) is 0.438. The van der Waals surface area contributed by atoms with Crippen molar-refractivity contribution in [2.45, 2.75) is 45.7 Å². The van der Waals surface area contributed by atoms with Crippen molar-refractivity contribution < 1.29 is 4.79 Å². The topological polar surface area (TPSA) is 109 Å². The van der Waals surface area contributed by atoms with Gasteiger partial charge in [-0.25, -0.2) is 9.48 Å². The molecule has 24 heavy (non-hydrogen) atoms. The fourth-order valence-electron chi connectivity index (χ4n) is 2.26. The van der Waals surface area contributed by atoms with Crippen LogP contribution in [0.3, 0.4) is 0 Å². The van der Waals surface area contributed by atoms with Gasteiger partial charge in [-0.05, 0) is 42.8 Å². The van der Waals surface area contributed by atoms with Gasteiger partial charge in [0.2, 0.25) is 0 Å². The molecule has 1 heterocycles. The third-order valence-electron chi connectivity index (χ3n) is 3.56. The second-order valence-electron chi connectivity index (χ2n) is 5.65. The number of aromatic nitrogens is 4. The van der Waals surface area contributed by atoms with Crippen LogP contribution in [0.25, 0.3) is 11.4 Å². The summed E-state index contributed by atoms with van der Waals surface area (Å²) in [6.07, 6.45) is 0.964. The van der Waals surface area contributed by atoms with Gasteiger partial charge in [0.15, 0.2) is 5.82 Å². The molecule has 0 unspecified atom stereocenters. The number of benzene rings is 1. The molecule has 0 spiro atoms. The number of hydrogen-bond donors (Lipinski definition) is 2. The predicted octanol–water partition coefficient (Wildman–Crippen LogP) is 2.73. The first kappa shape index (κ1) is 17.4. The van der Waals surface area contributed by atoms with Crippen molar-refractivity contribution in [3.8, 4) is 17.5 Å². The van der Waals surface area contributed by atoms with Gasteiger partial charge in [0, 0.05) is 11.6 Å². The number of tetrazole rings is 1. The number of rotatable bonds is 6. The lowest BCUT2D eigenvalue weighted by Crippen LogP contribution is -2.37. The average molecular weight is 327 g/mol. The Hall–Kier alpha value is -2.95. The maximum Gasteiger partial charge on any atom is 0.319 e. The van der Waals surface area contributed by atoms with Gasteiger partial charge < -0.3 is 10.6 Å². The van der Waals surface area contributed by atoms with E-state index in [1.807, 2.05) is 39.0 Å². The van der Waals surface area contributed by atoms with E-state index in [2.05, 4.69) is 32.2 Å². The van der Waals surface area contributed by atoms with Crippen molar-refractivity contribution in [3.05, 3.63) is 24.3 Å². The minimum atomic E-state index is -0.354. The first-order valence-electron chi connectivity index (χ1n) is 7.88. The molecule has 0 bridgehead atoms. The lowest BCUT2D eigenvalue weighted by atomic mass is 10.1. The molecule has 1 atom stereocenters. The summed E-state index contributed by atoms with van der Waals surface area (Å²) in [5, 5.41) is 26.2. The molecule has 8 nitrogen and oxygen atoms in total. The van der Waals surface area contributed by atoms with Gasteiger partial charge in [0.05, 0.1) is 24.2 Å². The molecule has 126 valence electrons. The van der Waals surface area contributed by atoms with Crippen molar-refractivity contribution >= 4 is 11.7 Å². The van der Waals surface area contributed by atoms with Crippen LogP contribution in [0.2, 0.25) is 0 Å². The van der Waals surface area contributed by atoms with E-state index in [4.69, 9.17) is 5.26 Å². The van der Waals surface area contributed by atoms with Crippen LogP contribution in [0, 0.1) is 11.3 Å². The minimum absolute atomic E-state index is 0.0944. The van der Waals surface area contributed by atoms with E-state index in [0.717, 1.165) is 5.56 Å². The summed E-state index contributed by atoms with van der Waals surface area (Å²) in [6.45, 7) is 5.89. The number of urea groups is 1. The Morgan fingerprint density at radius 2 is 2.12 bits per heavy atom. The molecule has 2 amide bonds. The van der Waals surface area contributed by atoms with Crippen LogP contribution in [0.15, 0.2) is 24.3 Å². The number of carbonyl (C=O) groups excluding carboxylic acids is 1. The molecule has 0 aliphatic rings. The smallest absolute Gasteiger partial charge is 0.319 e.